The van der Waals surface area contributed by atoms with Gasteiger partial charge in [-0.25, -0.2) is 14.8 Å². The van der Waals surface area contributed by atoms with E-state index in [2.05, 4.69) is 20.6 Å². The molecule has 0 atom stereocenters. The Labute approximate surface area is 143 Å². The Bertz CT molecular complexity index is 472. The highest BCUT2D eigenvalue weighted by Crippen LogP contribution is 2.20. The maximum absolute atomic E-state index is 11.4. The predicted molar refractivity (Wildman–Crippen MR) is 94.7 cm³/mol. The van der Waals surface area contributed by atoms with E-state index in [1.165, 1.54) is 6.33 Å². The number of alkyl carbamates (subject to hydrolysis) is 1. The molecule has 2 N–H and O–H groups in total. The lowest BCUT2D eigenvalue weighted by molar-refractivity contribution is 0.0531. The van der Waals surface area contributed by atoms with Gasteiger partial charge in [-0.2, -0.15) is 0 Å². The number of carbonyl (C=O) groups excluding carboxylic acids is 1. The van der Waals surface area contributed by atoms with Crippen molar-refractivity contribution < 1.29 is 9.53 Å². The lowest BCUT2D eigenvalue weighted by Crippen LogP contribution is -2.33. The summed E-state index contributed by atoms with van der Waals surface area (Å²) in [6, 6.07) is 1.68. The molecule has 0 fully saturated rings. The fraction of sp³-hybridized carbons (Fsp3) is 0.615. The number of hydrogen-bond donors (Lipinski definition) is 2. The summed E-state index contributed by atoms with van der Waals surface area (Å²) in [4.78, 5) is 19.3. The number of carbonyl (C=O) groups is 1. The Kier molecular flexibility index (Phi) is 8.74. The number of rotatable bonds is 8. The van der Waals surface area contributed by atoms with Gasteiger partial charge in [0.2, 0.25) is 0 Å². The lowest BCUT2D eigenvalue weighted by atomic mass is 10.2. The van der Waals surface area contributed by atoms with Gasteiger partial charge in [0.25, 0.3) is 0 Å². The van der Waals surface area contributed by atoms with Crippen LogP contribution in [-0.2, 0) is 4.74 Å². The molecule has 6 nitrogen and oxygen atoms in total. The second-order valence-corrected chi connectivity index (χ2v) is 8.31. The van der Waals surface area contributed by atoms with Crippen LogP contribution >= 0.6 is 33.2 Å². The zero-order valence-electron chi connectivity index (χ0n) is 12.9. The lowest BCUT2D eigenvalue weighted by Gasteiger charge is -2.19. The van der Waals surface area contributed by atoms with Gasteiger partial charge >= 0.3 is 6.09 Å². The maximum Gasteiger partial charge on any atom is 0.407 e. The molecule has 22 heavy (non-hydrogen) atoms. The topological polar surface area (TPSA) is 76.1 Å². The normalized spacial score (nSPS) is 11.1. The van der Waals surface area contributed by atoms with Gasteiger partial charge in [-0.15, -0.1) is 0 Å². The molecule has 124 valence electrons. The van der Waals surface area contributed by atoms with E-state index in [9.17, 15) is 4.79 Å². The van der Waals surface area contributed by atoms with Crippen molar-refractivity contribution in [2.45, 2.75) is 26.4 Å². The van der Waals surface area contributed by atoms with E-state index in [4.69, 9.17) is 16.3 Å². The monoisotopic (exact) mass is 364 g/mol. The fourth-order valence-corrected chi connectivity index (χ4v) is 3.24. The number of amides is 1. The average Bonchev–Trinajstić information content (AvgIpc) is 2.40. The van der Waals surface area contributed by atoms with E-state index >= 15 is 0 Å². The Balaban J connectivity index is 1.97. The molecule has 1 amide bonds. The predicted octanol–water partition coefficient (Wildman–Crippen LogP) is 3.45. The number of anilines is 1. The van der Waals surface area contributed by atoms with E-state index in [1.807, 2.05) is 20.8 Å². The summed E-state index contributed by atoms with van der Waals surface area (Å²) >= 11 is 5.76. The molecular weight excluding hydrogens is 344 g/mol. The molecule has 1 heterocycles. The van der Waals surface area contributed by atoms with Crippen molar-refractivity contribution in [2.75, 3.05) is 29.9 Å². The largest absolute Gasteiger partial charge is 0.444 e. The van der Waals surface area contributed by atoms with Crippen molar-refractivity contribution in [3.05, 3.63) is 17.5 Å². The highest BCUT2D eigenvalue weighted by Gasteiger charge is 2.15. The van der Waals surface area contributed by atoms with Gasteiger partial charge in [0, 0.05) is 30.7 Å². The third kappa shape index (κ3) is 9.97. The van der Waals surface area contributed by atoms with Crippen molar-refractivity contribution in [1.82, 2.24) is 15.3 Å². The van der Waals surface area contributed by atoms with Crippen LogP contribution in [0.15, 0.2) is 12.4 Å². The second-order valence-electron chi connectivity index (χ2n) is 5.23. The molecule has 0 saturated carbocycles. The molecular formula is C13H21ClN4O2S2. The summed E-state index contributed by atoms with van der Waals surface area (Å²) in [5.74, 6) is 2.46. The van der Waals surface area contributed by atoms with Crippen molar-refractivity contribution in [3.8, 4) is 0 Å². The third-order valence-electron chi connectivity index (χ3n) is 2.06. The summed E-state index contributed by atoms with van der Waals surface area (Å²) in [5.41, 5.74) is -0.457. The van der Waals surface area contributed by atoms with E-state index in [1.54, 1.807) is 27.7 Å². The van der Waals surface area contributed by atoms with E-state index in [-0.39, 0.29) is 6.09 Å². The van der Waals surface area contributed by atoms with Crippen LogP contribution in [0.5, 0.6) is 0 Å². The van der Waals surface area contributed by atoms with Gasteiger partial charge in [0.1, 0.15) is 22.9 Å². The minimum absolute atomic E-state index is 0.375. The SMILES string of the molecule is CC(C)(C)OC(=O)NCCSSCCNc1cc(Cl)ncn1. The molecule has 0 spiro atoms. The first-order valence-electron chi connectivity index (χ1n) is 6.79. The van der Waals surface area contributed by atoms with Crippen LogP contribution in [0, 0.1) is 0 Å². The first-order chi connectivity index (χ1) is 10.4. The molecule has 0 aliphatic heterocycles. The number of aromatic nitrogens is 2. The summed E-state index contributed by atoms with van der Waals surface area (Å²) in [5, 5.41) is 6.30. The summed E-state index contributed by atoms with van der Waals surface area (Å²) < 4.78 is 5.14. The molecule has 0 unspecified atom stereocenters. The summed E-state index contributed by atoms with van der Waals surface area (Å²) in [6.07, 6.45) is 1.05. The van der Waals surface area contributed by atoms with Gasteiger partial charge in [0.15, 0.2) is 0 Å². The molecule has 9 heteroatoms. The van der Waals surface area contributed by atoms with Crippen LogP contribution in [0.25, 0.3) is 0 Å². The average molecular weight is 365 g/mol. The van der Waals surface area contributed by atoms with Gasteiger partial charge < -0.3 is 15.4 Å². The Hall–Kier alpha value is -0.860. The van der Waals surface area contributed by atoms with Crippen LogP contribution in [0.1, 0.15) is 20.8 Å². The van der Waals surface area contributed by atoms with Gasteiger partial charge in [-0.05, 0) is 20.8 Å². The van der Waals surface area contributed by atoms with Crippen molar-refractivity contribution in [3.63, 3.8) is 0 Å². The van der Waals surface area contributed by atoms with E-state index in [0.29, 0.717) is 11.7 Å². The summed E-state index contributed by atoms with van der Waals surface area (Å²) in [6.45, 7) is 6.89. The Morgan fingerprint density at radius 3 is 2.59 bits per heavy atom. The first-order valence-corrected chi connectivity index (χ1v) is 9.66. The van der Waals surface area contributed by atoms with Gasteiger partial charge in [-0.1, -0.05) is 33.2 Å². The maximum atomic E-state index is 11.4. The number of nitrogens with zero attached hydrogens (tertiary/aromatic N) is 2. The van der Waals surface area contributed by atoms with Crippen LogP contribution in [0.4, 0.5) is 10.6 Å². The zero-order chi connectivity index (χ0) is 16.4. The smallest absolute Gasteiger partial charge is 0.407 e. The van der Waals surface area contributed by atoms with Crippen molar-refractivity contribution in [2.24, 2.45) is 0 Å². The molecule has 1 aromatic rings. The molecule has 0 saturated heterocycles. The first kappa shape index (κ1) is 19.2. The standard InChI is InChI=1S/C13H21ClN4O2S2/c1-13(2,3)20-12(19)16-5-7-22-21-6-4-15-11-8-10(14)17-9-18-11/h8-9H,4-7H2,1-3H3,(H,16,19)(H,15,17,18). The molecule has 1 rings (SSSR count). The van der Waals surface area contributed by atoms with Gasteiger partial charge in [0.05, 0.1) is 0 Å². The zero-order valence-corrected chi connectivity index (χ0v) is 15.3. The minimum atomic E-state index is -0.457. The van der Waals surface area contributed by atoms with Crippen LogP contribution < -0.4 is 10.6 Å². The quantitative estimate of drug-likeness (QED) is 0.415. The molecule has 0 aliphatic carbocycles. The van der Waals surface area contributed by atoms with Crippen molar-refractivity contribution >= 4 is 45.1 Å². The molecule has 1 aromatic heterocycles. The van der Waals surface area contributed by atoms with Crippen molar-refractivity contribution in [1.29, 1.82) is 0 Å². The second kappa shape index (κ2) is 10.0. The highest BCUT2D eigenvalue weighted by atomic mass is 35.5. The number of nitrogens with one attached hydrogen (secondary N) is 2. The Morgan fingerprint density at radius 2 is 1.95 bits per heavy atom. The third-order valence-corrected chi connectivity index (χ3v) is 4.68. The number of ether oxygens (including phenoxy) is 1. The van der Waals surface area contributed by atoms with Gasteiger partial charge in [-0.3, -0.25) is 0 Å². The van der Waals surface area contributed by atoms with Crippen LogP contribution in [0.3, 0.4) is 0 Å². The van der Waals surface area contributed by atoms with Crippen LogP contribution in [0.2, 0.25) is 5.15 Å². The van der Waals surface area contributed by atoms with E-state index < -0.39 is 5.60 Å². The molecule has 0 aromatic carbocycles. The number of hydrogen-bond acceptors (Lipinski definition) is 7. The molecule has 0 aliphatic rings. The number of halogens is 1. The highest BCUT2D eigenvalue weighted by molar-refractivity contribution is 8.76. The van der Waals surface area contributed by atoms with Crippen LogP contribution in [-0.4, -0.2) is 46.3 Å². The molecule has 0 radical (unpaired) electrons. The van der Waals surface area contributed by atoms with E-state index in [0.717, 1.165) is 23.9 Å². The molecule has 0 bridgehead atoms. The minimum Gasteiger partial charge on any atom is -0.444 e. The Morgan fingerprint density at radius 1 is 1.27 bits per heavy atom. The summed E-state index contributed by atoms with van der Waals surface area (Å²) in [7, 11) is 3.43. The fourth-order valence-electron chi connectivity index (χ4n) is 1.28.